The average Bonchev–Trinajstić information content (AvgIpc) is 2.37. The van der Waals surface area contributed by atoms with Crippen LogP contribution in [-0.2, 0) is 19.6 Å². The number of aliphatic carboxylic acids is 2. The minimum atomic E-state index is -4.32. The van der Waals surface area contributed by atoms with E-state index in [0.717, 1.165) is 38.1 Å². The SMILES string of the molecule is CC(C(=O)O)[C@@](C)(NS(=O)(=O)c1ccc(F)cc1)C(=O)O. The minimum absolute atomic E-state index is 0.367. The Bertz CT molecular complexity index is 657. The molecule has 0 aliphatic heterocycles. The lowest BCUT2D eigenvalue weighted by Gasteiger charge is -2.29. The number of hydrogen-bond acceptors (Lipinski definition) is 4. The van der Waals surface area contributed by atoms with Crippen LogP contribution in [-0.4, -0.2) is 36.1 Å². The van der Waals surface area contributed by atoms with Crippen LogP contribution in [0.5, 0.6) is 0 Å². The Morgan fingerprint density at radius 2 is 1.71 bits per heavy atom. The van der Waals surface area contributed by atoms with Crippen molar-refractivity contribution in [3.05, 3.63) is 30.1 Å². The van der Waals surface area contributed by atoms with E-state index in [-0.39, 0.29) is 4.90 Å². The lowest BCUT2D eigenvalue weighted by molar-refractivity contribution is -0.154. The number of carboxylic acid groups (broad SMARTS) is 2. The molecule has 0 aliphatic carbocycles. The van der Waals surface area contributed by atoms with Gasteiger partial charge >= 0.3 is 11.9 Å². The molecule has 21 heavy (non-hydrogen) atoms. The van der Waals surface area contributed by atoms with Crippen LogP contribution >= 0.6 is 0 Å². The largest absolute Gasteiger partial charge is 0.481 e. The molecule has 0 aliphatic rings. The van der Waals surface area contributed by atoms with Gasteiger partial charge < -0.3 is 10.2 Å². The van der Waals surface area contributed by atoms with Crippen LogP contribution in [0, 0.1) is 11.7 Å². The van der Waals surface area contributed by atoms with Gasteiger partial charge in [-0.1, -0.05) is 0 Å². The molecule has 0 fully saturated rings. The predicted octanol–water partition coefficient (Wildman–Crippen LogP) is 0.668. The average molecular weight is 319 g/mol. The van der Waals surface area contributed by atoms with Gasteiger partial charge in [0.25, 0.3) is 0 Å². The maximum Gasteiger partial charge on any atom is 0.325 e. The number of carboxylic acids is 2. The molecule has 0 radical (unpaired) electrons. The molecule has 0 amide bonds. The first-order valence-corrected chi connectivity index (χ1v) is 7.25. The lowest BCUT2D eigenvalue weighted by atomic mass is 9.88. The monoisotopic (exact) mass is 319 g/mol. The molecule has 0 bridgehead atoms. The summed E-state index contributed by atoms with van der Waals surface area (Å²) >= 11 is 0. The van der Waals surface area contributed by atoms with Gasteiger partial charge in [0.05, 0.1) is 10.8 Å². The fraction of sp³-hybridized carbons (Fsp3) is 0.333. The molecule has 116 valence electrons. The van der Waals surface area contributed by atoms with Gasteiger partial charge in [-0.25, -0.2) is 12.8 Å². The van der Waals surface area contributed by atoms with Crippen LogP contribution in [0.4, 0.5) is 4.39 Å². The second kappa shape index (κ2) is 5.78. The molecule has 1 aromatic carbocycles. The van der Waals surface area contributed by atoms with Crippen LogP contribution in [0.15, 0.2) is 29.2 Å². The van der Waals surface area contributed by atoms with E-state index in [9.17, 15) is 22.4 Å². The number of nitrogens with one attached hydrogen (secondary N) is 1. The summed E-state index contributed by atoms with van der Waals surface area (Å²) in [6, 6.07) is 3.69. The van der Waals surface area contributed by atoms with E-state index in [0.29, 0.717) is 0 Å². The van der Waals surface area contributed by atoms with E-state index < -0.39 is 39.2 Å². The number of benzene rings is 1. The zero-order valence-electron chi connectivity index (χ0n) is 11.2. The van der Waals surface area contributed by atoms with E-state index in [1.807, 2.05) is 4.72 Å². The van der Waals surface area contributed by atoms with Crippen molar-refractivity contribution in [2.75, 3.05) is 0 Å². The van der Waals surface area contributed by atoms with Crippen LogP contribution in [0.3, 0.4) is 0 Å². The number of hydrogen-bond donors (Lipinski definition) is 3. The summed E-state index contributed by atoms with van der Waals surface area (Å²) in [5.41, 5.74) is -2.25. The van der Waals surface area contributed by atoms with E-state index >= 15 is 0 Å². The summed E-state index contributed by atoms with van der Waals surface area (Å²) < 4.78 is 38.8. The standard InChI is InChI=1S/C12H14FNO6S/c1-7(10(15)16)12(2,11(17)18)14-21(19,20)9-5-3-8(13)4-6-9/h3-7,14H,1-2H3,(H,15,16)(H,17,18)/t7?,12-/m1/s1. The first-order chi connectivity index (χ1) is 9.50. The highest BCUT2D eigenvalue weighted by atomic mass is 32.2. The maximum absolute atomic E-state index is 12.8. The van der Waals surface area contributed by atoms with Gasteiger partial charge in [-0.2, -0.15) is 4.72 Å². The van der Waals surface area contributed by atoms with E-state index in [2.05, 4.69) is 0 Å². The van der Waals surface area contributed by atoms with Crippen LogP contribution in [0.2, 0.25) is 0 Å². The molecule has 2 atom stereocenters. The van der Waals surface area contributed by atoms with Crippen LogP contribution in [0.1, 0.15) is 13.8 Å². The second-order valence-corrected chi connectivity index (χ2v) is 6.31. The summed E-state index contributed by atoms with van der Waals surface area (Å²) in [6.07, 6.45) is 0. The predicted molar refractivity (Wildman–Crippen MR) is 69.6 cm³/mol. The van der Waals surface area contributed by atoms with Gasteiger partial charge in [0.1, 0.15) is 11.4 Å². The Morgan fingerprint density at radius 1 is 1.24 bits per heavy atom. The van der Waals surface area contributed by atoms with Crippen LogP contribution < -0.4 is 4.72 Å². The number of rotatable bonds is 6. The van der Waals surface area contributed by atoms with Gasteiger partial charge in [-0.15, -0.1) is 0 Å². The van der Waals surface area contributed by atoms with Crippen molar-refractivity contribution in [2.24, 2.45) is 5.92 Å². The summed E-state index contributed by atoms with van der Waals surface area (Å²) in [5, 5.41) is 18.1. The lowest BCUT2D eigenvalue weighted by Crippen LogP contribution is -2.58. The fourth-order valence-electron chi connectivity index (χ4n) is 1.52. The molecule has 1 rings (SSSR count). The summed E-state index contributed by atoms with van der Waals surface area (Å²) in [6.45, 7) is 2.03. The molecule has 0 saturated heterocycles. The molecule has 1 unspecified atom stereocenters. The number of carbonyl (C=O) groups is 2. The van der Waals surface area contributed by atoms with E-state index in [1.165, 1.54) is 0 Å². The molecule has 7 nitrogen and oxygen atoms in total. The summed E-state index contributed by atoms with van der Waals surface area (Å²) in [4.78, 5) is 21.9. The van der Waals surface area contributed by atoms with Crippen molar-refractivity contribution < 1.29 is 32.6 Å². The maximum atomic E-state index is 12.8. The molecular formula is C12H14FNO6S. The van der Waals surface area contributed by atoms with Crippen molar-refractivity contribution in [1.29, 1.82) is 0 Å². The quantitative estimate of drug-likeness (QED) is 0.708. The van der Waals surface area contributed by atoms with E-state index in [1.54, 1.807) is 0 Å². The molecular weight excluding hydrogens is 305 g/mol. The van der Waals surface area contributed by atoms with Crippen molar-refractivity contribution in [1.82, 2.24) is 4.72 Å². The summed E-state index contributed by atoms with van der Waals surface area (Å²) in [5.74, 6) is -5.29. The second-order valence-electron chi connectivity index (χ2n) is 4.63. The number of sulfonamides is 1. The molecule has 0 aromatic heterocycles. The normalized spacial score (nSPS) is 16.0. The van der Waals surface area contributed by atoms with Crippen LogP contribution in [0.25, 0.3) is 0 Å². The van der Waals surface area contributed by atoms with Gasteiger partial charge in [-0.05, 0) is 38.1 Å². The van der Waals surface area contributed by atoms with Crippen molar-refractivity contribution in [3.8, 4) is 0 Å². The Kier molecular flexibility index (Phi) is 4.69. The smallest absolute Gasteiger partial charge is 0.325 e. The highest BCUT2D eigenvalue weighted by Gasteiger charge is 2.46. The number of halogens is 1. The van der Waals surface area contributed by atoms with E-state index in [4.69, 9.17) is 10.2 Å². The van der Waals surface area contributed by atoms with Gasteiger partial charge in [0, 0.05) is 0 Å². The summed E-state index contributed by atoms with van der Waals surface area (Å²) in [7, 11) is -4.32. The first kappa shape index (κ1) is 17.1. The zero-order chi connectivity index (χ0) is 16.4. The third-order valence-corrected chi connectivity index (χ3v) is 4.74. The zero-order valence-corrected chi connectivity index (χ0v) is 12.0. The molecule has 0 heterocycles. The molecule has 1 aromatic rings. The van der Waals surface area contributed by atoms with Gasteiger partial charge in [0.2, 0.25) is 10.0 Å². The Balaban J connectivity index is 3.23. The highest BCUT2D eigenvalue weighted by Crippen LogP contribution is 2.22. The Hall–Kier alpha value is -2.00. The first-order valence-electron chi connectivity index (χ1n) is 5.76. The molecule has 0 spiro atoms. The van der Waals surface area contributed by atoms with Crippen molar-refractivity contribution in [2.45, 2.75) is 24.3 Å². The molecule has 9 heteroatoms. The Morgan fingerprint density at radius 3 is 2.10 bits per heavy atom. The Labute approximate surface area is 120 Å². The fourth-order valence-corrected chi connectivity index (χ4v) is 2.95. The third kappa shape index (κ3) is 3.56. The topological polar surface area (TPSA) is 121 Å². The molecule has 0 saturated carbocycles. The third-order valence-electron chi connectivity index (χ3n) is 3.15. The minimum Gasteiger partial charge on any atom is -0.481 e. The van der Waals surface area contributed by atoms with Crippen molar-refractivity contribution in [3.63, 3.8) is 0 Å². The highest BCUT2D eigenvalue weighted by molar-refractivity contribution is 7.89. The molecule has 3 N–H and O–H groups in total. The van der Waals surface area contributed by atoms with Gasteiger partial charge in [0.15, 0.2) is 0 Å². The van der Waals surface area contributed by atoms with Crippen molar-refractivity contribution >= 4 is 22.0 Å². The van der Waals surface area contributed by atoms with Gasteiger partial charge in [-0.3, -0.25) is 9.59 Å².